The van der Waals surface area contributed by atoms with E-state index in [1.165, 1.54) is 31.1 Å². The Labute approximate surface area is 162 Å². The van der Waals surface area contributed by atoms with Gasteiger partial charge in [0.05, 0.1) is 18.1 Å². The van der Waals surface area contributed by atoms with E-state index >= 15 is 0 Å². The molecule has 0 aliphatic carbocycles. The van der Waals surface area contributed by atoms with Gasteiger partial charge in [-0.05, 0) is 37.6 Å². The monoisotopic (exact) mass is 386 g/mol. The number of Topliss-reactive ketones (excluding diaryl/α,β-unsaturated/α-hetero) is 1. The minimum Gasteiger partial charge on any atom is -0.493 e. The summed E-state index contributed by atoms with van der Waals surface area (Å²) < 4.78 is 10.8. The molecule has 0 N–H and O–H groups in total. The van der Waals surface area contributed by atoms with Gasteiger partial charge in [-0.15, -0.1) is 0 Å². The fraction of sp³-hybridized carbons (Fsp3) is 0.300. The Hall–Kier alpha value is -3.42. The molecule has 8 heteroatoms. The maximum absolute atomic E-state index is 12.5. The predicted molar refractivity (Wildman–Crippen MR) is 103 cm³/mol. The Morgan fingerprint density at radius 2 is 1.89 bits per heavy atom. The van der Waals surface area contributed by atoms with E-state index in [4.69, 9.17) is 9.47 Å². The SMILES string of the molecule is COc1cc(C(C)=O)ccc1OCC(=O)N(C)C(C)c1cccc([N+](=O)[O-])c1. The lowest BCUT2D eigenvalue weighted by Crippen LogP contribution is -2.33. The molecule has 0 aliphatic heterocycles. The number of amides is 1. The summed E-state index contributed by atoms with van der Waals surface area (Å²) in [5.41, 5.74) is 1.09. The zero-order chi connectivity index (χ0) is 20.8. The molecule has 0 saturated heterocycles. The topological polar surface area (TPSA) is 99.0 Å². The molecule has 0 bridgehead atoms. The Kier molecular flexibility index (Phi) is 6.70. The largest absolute Gasteiger partial charge is 0.493 e. The van der Waals surface area contributed by atoms with Gasteiger partial charge >= 0.3 is 0 Å². The fourth-order valence-corrected chi connectivity index (χ4v) is 2.58. The summed E-state index contributed by atoms with van der Waals surface area (Å²) in [5, 5.41) is 10.9. The molecule has 148 valence electrons. The number of likely N-dealkylation sites (N-methyl/N-ethyl adjacent to an activating group) is 1. The number of carbonyl (C=O) groups is 2. The number of ketones is 1. The molecule has 0 fully saturated rings. The Morgan fingerprint density at radius 1 is 1.18 bits per heavy atom. The molecule has 28 heavy (non-hydrogen) atoms. The smallest absolute Gasteiger partial charge is 0.269 e. The van der Waals surface area contributed by atoms with Gasteiger partial charge in [0.2, 0.25) is 0 Å². The Morgan fingerprint density at radius 3 is 2.50 bits per heavy atom. The Bertz CT molecular complexity index is 896. The number of nitro benzene ring substituents is 1. The van der Waals surface area contributed by atoms with Crippen molar-refractivity contribution in [1.29, 1.82) is 0 Å². The minimum atomic E-state index is -0.474. The molecule has 1 unspecified atom stereocenters. The van der Waals surface area contributed by atoms with Crippen LogP contribution in [0.25, 0.3) is 0 Å². The van der Waals surface area contributed by atoms with Crippen LogP contribution in [0.15, 0.2) is 42.5 Å². The zero-order valence-electron chi connectivity index (χ0n) is 16.2. The first kappa shape index (κ1) is 20.9. The van der Waals surface area contributed by atoms with E-state index in [-0.39, 0.29) is 30.0 Å². The summed E-state index contributed by atoms with van der Waals surface area (Å²) in [4.78, 5) is 35.9. The second kappa shape index (κ2) is 8.98. The van der Waals surface area contributed by atoms with E-state index in [9.17, 15) is 19.7 Å². The quantitative estimate of drug-likeness (QED) is 0.392. The molecule has 0 radical (unpaired) electrons. The molecule has 8 nitrogen and oxygen atoms in total. The fourth-order valence-electron chi connectivity index (χ4n) is 2.58. The van der Waals surface area contributed by atoms with Gasteiger partial charge in [-0.25, -0.2) is 0 Å². The van der Waals surface area contributed by atoms with Crippen LogP contribution in [-0.2, 0) is 4.79 Å². The van der Waals surface area contributed by atoms with E-state index in [0.717, 1.165) is 0 Å². The normalized spacial score (nSPS) is 11.4. The summed E-state index contributed by atoms with van der Waals surface area (Å²) >= 11 is 0. The zero-order valence-corrected chi connectivity index (χ0v) is 16.2. The summed E-state index contributed by atoms with van der Waals surface area (Å²) in [6.07, 6.45) is 0. The van der Waals surface area contributed by atoms with Gasteiger partial charge in [-0.1, -0.05) is 12.1 Å². The molecule has 2 rings (SSSR count). The van der Waals surface area contributed by atoms with Crippen molar-refractivity contribution in [2.45, 2.75) is 19.9 Å². The molecular formula is C20H22N2O6. The van der Waals surface area contributed by atoms with Crippen LogP contribution in [0.4, 0.5) is 5.69 Å². The number of methoxy groups -OCH3 is 1. The van der Waals surface area contributed by atoms with Crippen LogP contribution in [0.1, 0.15) is 35.8 Å². The second-order valence-electron chi connectivity index (χ2n) is 6.24. The highest BCUT2D eigenvalue weighted by Crippen LogP contribution is 2.29. The number of hydrogen-bond acceptors (Lipinski definition) is 6. The summed E-state index contributed by atoms with van der Waals surface area (Å²) in [6, 6.07) is 10.5. The molecule has 0 aromatic heterocycles. The lowest BCUT2D eigenvalue weighted by Gasteiger charge is -2.25. The lowest BCUT2D eigenvalue weighted by molar-refractivity contribution is -0.384. The number of nitro groups is 1. The van der Waals surface area contributed by atoms with E-state index < -0.39 is 4.92 Å². The van der Waals surface area contributed by atoms with Crippen molar-refractivity contribution >= 4 is 17.4 Å². The third-order valence-electron chi connectivity index (χ3n) is 4.46. The highest BCUT2D eigenvalue weighted by molar-refractivity contribution is 5.94. The van der Waals surface area contributed by atoms with Gasteiger partial charge in [0, 0.05) is 24.7 Å². The van der Waals surface area contributed by atoms with Gasteiger partial charge in [-0.2, -0.15) is 0 Å². The van der Waals surface area contributed by atoms with Crippen LogP contribution in [0, 0.1) is 10.1 Å². The van der Waals surface area contributed by atoms with Gasteiger partial charge in [-0.3, -0.25) is 19.7 Å². The van der Waals surface area contributed by atoms with Crippen LogP contribution in [0.5, 0.6) is 11.5 Å². The van der Waals surface area contributed by atoms with Crippen molar-refractivity contribution in [1.82, 2.24) is 4.90 Å². The number of rotatable bonds is 8. The number of benzene rings is 2. The molecule has 0 saturated carbocycles. The predicted octanol–water partition coefficient (Wildman–Crippen LogP) is 3.40. The van der Waals surface area contributed by atoms with Crippen molar-refractivity contribution < 1.29 is 24.0 Å². The first-order valence-corrected chi connectivity index (χ1v) is 8.56. The molecule has 0 spiro atoms. The number of non-ortho nitro benzene ring substituents is 1. The van der Waals surface area contributed by atoms with Crippen molar-refractivity contribution in [3.63, 3.8) is 0 Å². The minimum absolute atomic E-state index is 0.0308. The number of nitrogens with zero attached hydrogens (tertiary/aromatic N) is 2. The summed E-state index contributed by atoms with van der Waals surface area (Å²) in [7, 11) is 3.05. The molecule has 2 aromatic carbocycles. The van der Waals surface area contributed by atoms with Gasteiger partial charge < -0.3 is 14.4 Å². The van der Waals surface area contributed by atoms with E-state index in [0.29, 0.717) is 22.6 Å². The molecule has 0 heterocycles. The Balaban J connectivity index is 2.07. The maximum atomic E-state index is 12.5. The van der Waals surface area contributed by atoms with E-state index in [1.807, 2.05) is 0 Å². The number of hydrogen-bond donors (Lipinski definition) is 0. The second-order valence-corrected chi connectivity index (χ2v) is 6.24. The molecule has 2 aromatic rings. The van der Waals surface area contributed by atoms with Gasteiger partial charge in [0.25, 0.3) is 11.6 Å². The van der Waals surface area contributed by atoms with Crippen LogP contribution >= 0.6 is 0 Å². The molecule has 1 amide bonds. The van der Waals surface area contributed by atoms with Crippen LogP contribution in [0.3, 0.4) is 0 Å². The first-order valence-electron chi connectivity index (χ1n) is 8.56. The number of ether oxygens (including phenoxy) is 2. The third kappa shape index (κ3) is 4.85. The van der Waals surface area contributed by atoms with Crippen molar-refractivity contribution in [2.75, 3.05) is 20.8 Å². The van der Waals surface area contributed by atoms with E-state index in [1.54, 1.807) is 44.3 Å². The highest BCUT2D eigenvalue weighted by Gasteiger charge is 2.20. The summed E-state index contributed by atoms with van der Waals surface area (Å²) in [5.74, 6) is 0.287. The first-order chi connectivity index (χ1) is 13.2. The van der Waals surface area contributed by atoms with Crippen molar-refractivity contribution in [3.05, 3.63) is 63.7 Å². The summed E-state index contributed by atoms with van der Waals surface area (Å²) in [6.45, 7) is 2.98. The average molecular weight is 386 g/mol. The van der Waals surface area contributed by atoms with Crippen molar-refractivity contribution in [2.24, 2.45) is 0 Å². The molecular weight excluding hydrogens is 364 g/mol. The standard InChI is InChI=1S/C20H22N2O6/c1-13(15-6-5-7-17(10-15)22(25)26)21(3)20(24)12-28-18-9-8-16(14(2)23)11-19(18)27-4/h5-11,13H,12H2,1-4H3. The van der Waals surface area contributed by atoms with Crippen molar-refractivity contribution in [3.8, 4) is 11.5 Å². The third-order valence-corrected chi connectivity index (χ3v) is 4.46. The van der Waals surface area contributed by atoms with Crippen LogP contribution < -0.4 is 9.47 Å². The molecule has 0 aliphatic rings. The maximum Gasteiger partial charge on any atom is 0.269 e. The number of carbonyl (C=O) groups excluding carboxylic acids is 2. The van der Waals surface area contributed by atoms with Gasteiger partial charge in [0.1, 0.15) is 0 Å². The lowest BCUT2D eigenvalue weighted by atomic mass is 10.1. The van der Waals surface area contributed by atoms with Crippen LogP contribution in [0.2, 0.25) is 0 Å². The molecule has 1 atom stereocenters. The van der Waals surface area contributed by atoms with E-state index in [2.05, 4.69) is 0 Å². The van der Waals surface area contributed by atoms with Crippen LogP contribution in [-0.4, -0.2) is 42.3 Å². The highest BCUT2D eigenvalue weighted by atomic mass is 16.6. The average Bonchev–Trinajstić information content (AvgIpc) is 2.70. The van der Waals surface area contributed by atoms with Gasteiger partial charge in [0.15, 0.2) is 23.9 Å².